The van der Waals surface area contributed by atoms with Crippen LogP contribution in [-0.2, 0) is 17.7 Å². The van der Waals surface area contributed by atoms with Gasteiger partial charge in [-0.25, -0.2) is 0 Å². The maximum absolute atomic E-state index is 11.4. The molecule has 0 bridgehead atoms. The average Bonchev–Trinajstić information content (AvgIpc) is 2.62. The van der Waals surface area contributed by atoms with Crippen molar-refractivity contribution >= 4 is 18.6 Å². The minimum atomic E-state index is -4.22. The summed E-state index contributed by atoms with van der Waals surface area (Å²) in [6.07, 6.45) is 0. The standard InChI is InChI=1S/C20H20NO3P/c22-25(23,24)20-13-11-19(12-14-20)21(15-17-7-3-1-4-8-17)16-18-9-5-2-6-10-18/h1-14H,15-16H2,(H2,22,23,24). The summed E-state index contributed by atoms with van der Waals surface area (Å²) in [5.74, 6) is 0. The van der Waals surface area contributed by atoms with Crippen molar-refractivity contribution in [1.29, 1.82) is 0 Å². The summed E-state index contributed by atoms with van der Waals surface area (Å²) in [6, 6.07) is 26.8. The number of hydrogen-bond acceptors (Lipinski definition) is 2. The molecule has 0 saturated heterocycles. The first kappa shape index (κ1) is 17.4. The van der Waals surface area contributed by atoms with E-state index >= 15 is 0 Å². The Morgan fingerprint density at radius 3 is 1.52 bits per heavy atom. The molecule has 3 aromatic rings. The van der Waals surface area contributed by atoms with Gasteiger partial charge in [0.15, 0.2) is 0 Å². The highest BCUT2D eigenvalue weighted by Crippen LogP contribution is 2.33. The van der Waals surface area contributed by atoms with Gasteiger partial charge in [-0.3, -0.25) is 4.57 Å². The van der Waals surface area contributed by atoms with Crippen molar-refractivity contribution < 1.29 is 14.4 Å². The van der Waals surface area contributed by atoms with Crippen LogP contribution in [0.15, 0.2) is 84.9 Å². The van der Waals surface area contributed by atoms with E-state index in [1.165, 1.54) is 23.3 Å². The first-order valence-corrected chi connectivity index (χ1v) is 9.62. The minimum Gasteiger partial charge on any atom is -0.363 e. The zero-order valence-electron chi connectivity index (χ0n) is 13.7. The lowest BCUT2D eigenvalue weighted by Gasteiger charge is -2.25. The lowest BCUT2D eigenvalue weighted by Crippen LogP contribution is -2.22. The molecule has 5 heteroatoms. The van der Waals surface area contributed by atoms with E-state index in [1.807, 2.05) is 36.4 Å². The fraction of sp³-hybridized carbons (Fsp3) is 0.100. The maximum atomic E-state index is 11.4. The Balaban J connectivity index is 1.88. The van der Waals surface area contributed by atoms with Crippen molar-refractivity contribution in [3.8, 4) is 0 Å². The molecule has 0 aliphatic rings. The third-order valence-corrected chi connectivity index (χ3v) is 4.95. The van der Waals surface area contributed by atoms with Crippen LogP contribution in [0.25, 0.3) is 0 Å². The number of anilines is 1. The molecule has 0 fully saturated rings. The van der Waals surface area contributed by atoms with Gasteiger partial charge in [0.1, 0.15) is 0 Å². The minimum absolute atomic E-state index is 0.0376. The fourth-order valence-electron chi connectivity index (χ4n) is 2.70. The molecule has 3 aromatic carbocycles. The Kier molecular flexibility index (Phi) is 5.34. The maximum Gasteiger partial charge on any atom is 0.356 e. The smallest absolute Gasteiger partial charge is 0.356 e. The molecule has 0 amide bonds. The molecule has 3 rings (SSSR count). The average molecular weight is 353 g/mol. The Hall–Kier alpha value is -2.39. The Bertz CT molecular complexity index is 804. The highest BCUT2D eigenvalue weighted by molar-refractivity contribution is 7.60. The molecule has 0 aliphatic heterocycles. The quantitative estimate of drug-likeness (QED) is 0.664. The van der Waals surface area contributed by atoms with Crippen LogP contribution in [0.2, 0.25) is 0 Å². The molecule has 128 valence electrons. The third-order valence-electron chi connectivity index (χ3n) is 3.98. The second-order valence-electron chi connectivity index (χ2n) is 5.89. The zero-order chi connectivity index (χ0) is 17.7. The molecule has 0 atom stereocenters. The van der Waals surface area contributed by atoms with E-state index in [0.717, 1.165) is 5.69 Å². The van der Waals surface area contributed by atoms with Gasteiger partial charge in [0, 0.05) is 18.8 Å². The van der Waals surface area contributed by atoms with Crippen LogP contribution in [0, 0.1) is 0 Å². The summed E-state index contributed by atoms with van der Waals surface area (Å²) in [6.45, 7) is 1.43. The molecule has 0 radical (unpaired) electrons. The molecule has 4 nitrogen and oxygen atoms in total. The number of benzene rings is 3. The molecule has 0 heterocycles. The van der Waals surface area contributed by atoms with E-state index in [9.17, 15) is 14.4 Å². The van der Waals surface area contributed by atoms with Crippen LogP contribution in [0.4, 0.5) is 5.69 Å². The van der Waals surface area contributed by atoms with Crippen molar-refractivity contribution in [1.82, 2.24) is 0 Å². The molecular formula is C20H20NO3P. The number of nitrogens with zero attached hydrogens (tertiary/aromatic N) is 1. The molecule has 0 spiro atoms. The molecule has 0 aromatic heterocycles. The van der Waals surface area contributed by atoms with E-state index in [-0.39, 0.29) is 5.30 Å². The van der Waals surface area contributed by atoms with Gasteiger partial charge in [-0.15, -0.1) is 0 Å². The van der Waals surface area contributed by atoms with E-state index in [1.54, 1.807) is 12.1 Å². The summed E-state index contributed by atoms with van der Waals surface area (Å²) >= 11 is 0. The Morgan fingerprint density at radius 2 is 1.12 bits per heavy atom. The van der Waals surface area contributed by atoms with Crippen LogP contribution in [0.3, 0.4) is 0 Å². The molecule has 25 heavy (non-hydrogen) atoms. The lowest BCUT2D eigenvalue weighted by molar-refractivity contribution is 0.387. The van der Waals surface area contributed by atoms with Gasteiger partial charge < -0.3 is 14.7 Å². The third kappa shape index (κ3) is 4.80. The predicted octanol–water partition coefficient (Wildman–Crippen LogP) is 3.70. The van der Waals surface area contributed by atoms with Crippen LogP contribution in [-0.4, -0.2) is 9.79 Å². The van der Waals surface area contributed by atoms with Crippen LogP contribution < -0.4 is 10.2 Å². The summed E-state index contributed by atoms with van der Waals surface area (Å²) in [5.41, 5.74) is 3.28. The molecule has 0 unspecified atom stereocenters. The largest absolute Gasteiger partial charge is 0.363 e. The Morgan fingerprint density at radius 1 is 0.680 bits per heavy atom. The topological polar surface area (TPSA) is 60.8 Å². The van der Waals surface area contributed by atoms with Crippen molar-refractivity contribution in [3.05, 3.63) is 96.1 Å². The molecular weight excluding hydrogens is 333 g/mol. The first-order valence-electron chi connectivity index (χ1n) is 8.01. The highest BCUT2D eigenvalue weighted by atomic mass is 31.2. The number of rotatable bonds is 6. The van der Waals surface area contributed by atoms with E-state index < -0.39 is 7.60 Å². The molecule has 0 aliphatic carbocycles. The highest BCUT2D eigenvalue weighted by Gasteiger charge is 2.17. The van der Waals surface area contributed by atoms with E-state index in [4.69, 9.17) is 0 Å². The monoisotopic (exact) mass is 353 g/mol. The summed E-state index contributed by atoms with van der Waals surface area (Å²) in [5, 5.41) is 0.0376. The summed E-state index contributed by atoms with van der Waals surface area (Å²) in [4.78, 5) is 20.8. The van der Waals surface area contributed by atoms with Crippen LogP contribution in [0.1, 0.15) is 11.1 Å². The summed E-state index contributed by atoms with van der Waals surface area (Å²) in [7, 11) is -4.22. The van der Waals surface area contributed by atoms with Gasteiger partial charge in [0.2, 0.25) is 0 Å². The van der Waals surface area contributed by atoms with Crippen LogP contribution in [0.5, 0.6) is 0 Å². The normalized spacial score (nSPS) is 11.3. The first-order chi connectivity index (χ1) is 12.0. The van der Waals surface area contributed by atoms with Gasteiger partial charge >= 0.3 is 7.60 Å². The van der Waals surface area contributed by atoms with Gasteiger partial charge in [-0.05, 0) is 35.4 Å². The molecule has 0 saturated carbocycles. The van der Waals surface area contributed by atoms with E-state index in [0.29, 0.717) is 13.1 Å². The van der Waals surface area contributed by atoms with Gasteiger partial charge in [0.05, 0.1) is 5.30 Å². The summed E-state index contributed by atoms with van der Waals surface area (Å²) < 4.78 is 11.4. The second-order valence-corrected chi connectivity index (χ2v) is 7.49. The van der Waals surface area contributed by atoms with Gasteiger partial charge in [-0.1, -0.05) is 60.7 Å². The van der Waals surface area contributed by atoms with Crippen molar-refractivity contribution in [2.24, 2.45) is 0 Å². The molecule has 2 N–H and O–H groups in total. The van der Waals surface area contributed by atoms with Crippen molar-refractivity contribution in [2.45, 2.75) is 13.1 Å². The fourth-order valence-corrected chi connectivity index (χ4v) is 3.24. The lowest BCUT2D eigenvalue weighted by atomic mass is 10.1. The van der Waals surface area contributed by atoms with Crippen molar-refractivity contribution in [2.75, 3.05) is 4.90 Å². The van der Waals surface area contributed by atoms with Gasteiger partial charge in [0.25, 0.3) is 0 Å². The SMILES string of the molecule is O=P(O)(O)c1ccc(N(Cc2ccccc2)Cc2ccccc2)cc1. The number of hydrogen-bond donors (Lipinski definition) is 2. The van der Waals surface area contributed by atoms with Gasteiger partial charge in [-0.2, -0.15) is 0 Å². The van der Waals surface area contributed by atoms with Crippen LogP contribution >= 0.6 is 7.60 Å². The predicted molar refractivity (Wildman–Crippen MR) is 101 cm³/mol. The van der Waals surface area contributed by atoms with Crippen molar-refractivity contribution in [3.63, 3.8) is 0 Å². The Labute approximate surface area is 147 Å². The zero-order valence-corrected chi connectivity index (χ0v) is 14.6. The second kappa shape index (κ2) is 7.66. The van der Waals surface area contributed by atoms with E-state index in [2.05, 4.69) is 29.2 Å².